The molecule has 0 atom stereocenters. The first-order valence-electron chi connectivity index (χ1n) is 2.48. The molecule has 0 aromatic rings. The van der Waals surface area contributed by atoms with Crippen LogP contribution < -0.4 is 11.5 Å². The molecule has 0 aromatic heterocycles. The van der Waals surface area contributed by atoms with Gasteiger partial charge in [0, 0.05) is 20.2 Å². The third-order valence-corrected chi connectivity index (χ3v) is 0.807. The molecule has 0 heterocycles. The van der Waals surface area contributed by atoms with E-state index < -0.39 is 5.91 Å². The topological polar surface area (TPSA) is 72.3 Å². The molecule has 0 fully saturated rings. The third-order valence-electron chi connectivity index (χ3n) is 0.807. The van der Waals surface area contributed by atoms with Gasteiger partial charge in [-0.1, -0.05) is 0 Å². The lowest BCUT2D eigenvalue weighted by atomic mass is 10.5. The summed E-state index contributed by atoms with van der Waals surface area (Å²) < 4.78 is 0. The molecule has 0 bridgehead atoms. The van der Waals surface area contributed by atoms with Crippen LogP contribution in [-0.2, 0) is 4.79 Å². The minimum Gasteiger partial charge on any atom is -0.385 e. The van der Waals surface area contributed by atoms with Crippen molar-refractivity contribution in [2.24, 2.45) is 11.5 Å². The maximum atomic E-state index is 10.2. The highest BCUT2D eigenvalue weighted by Gasteiger charge is 1.92. The van der Waals surface area contributed by atoms with Gasteiger partial charge in [0.15, 0.2) is 0 Å². The number of nitrogens with zero attached hydrogens (tertiary/aromatic N) is 1. The van der Waals surface area contributed by atoms with E-state index >= 15 is 0 Å². The lowest BCUT2D eigenvalue weighted by Crippen LogP contribution is -2.21. The molecule has 0 rings (SSSR count). The van der Waals surface area contributed by atoms with Gasteiger partial charge in [0.2, 0.25) is 5.91 Å². The zero-order valence-corrected chi connectivity index (χ0v) is 5.59. The normalized spacial score (nSPS) is 11.1. The summed E-state index contributed by atoms with van der Waals surface area (Å²) in [5.41, 5.74) is 10.1. The molecule has 0 unspecified atom stereocenters. The first-order valence-corrected chi connectivity index (χ1v) is 2.48. The Balaban J connectivity index is 4.00. The van der Waals surface area contributed by atoms with Gasteiger partial charge in [-0.15, -0.1) is 0 Å². The summed E-state index contributed by atoms with van der Waals surface area (Å²) in [6, 6.07) is 0. The van der Waals surface area contributed by atoms with E-state index in [0.29, 0.717) is 5.82 Å². The maximum absolute atomic E-state index is 10.2. The highest BCUT2D eigenvalue weighted by atomic mass is 16.1. The van der Waals surface area contributed by atoms with Crippen molar-refractivity contribution in [2.75, 3.05) is 14.1 Å². The molecule has 4 N–H and O–H groups in total. The zero-order valence-electron chi connectivity index (χ0n) is 5.59. The molecule has 0 aliphatic carbocycles. The number of primary amides is 1. The Labute approximate surface area is 54.1 Å². The number of hydrogen-bond donors (Lipinski definition) is 2. The van der Waals surface area contributed by atoms with Crippen molar-refractivity contribution in [3.05, 3.63) is 11.9 Å². The van der Waals surface area contributed by atoms with Crippen LogP contribution in [0.25, 0.3) is 0 Å². The van der Waals surface area contributed by atoms with Crippen LogP contribution in [0, 0.1) is 0 Å². The van der Waals surface area contributed by atoms with Crippen LogP contribution in [0.3, 0.4) is 0 Å². The largest absolute Gasteiger partial charge is 0.385 e. The number of amides is 1. The van der Waals surface area contributed by atoms with Gasteiger partial charge < -0.3 is 16.4 Å². The molecule has 1 amide bonds. The Morgan fingerprint density at radius 1 is 1.44 bits per heavy atom. The summed E-state index contributed by atoms with van der Waals surface area (Å²) in [7, 11) is 3.46. The smallest absolute Gasteiger partial charge is 0.245 e. The van der Waals surface area contributed by atoms with Gasteiger partial charge in [-0.2, -0.15) is 0 Å². The third kappa shape index (κ3) is 3.40. The van der Waals surface area contributed by atoms with Crippen molar-refractivity contribution in [3.8, 4) is 0 Å². The van der Waals surface area contributed by atoms with Gasteiger partial charge in [0.1, 0.15) is 5.82 Å². The molecule has 0 spiro atoms. The monoisotopic (exact) mass is 129 g/mol. The first-order chi connectivity index (χ1) is 4.04. The Morgan fingerprint density at radius 3 is 2.00 bits per heavy atom. The van der Waals surface area contributed by atoms with Crippen LogP contribution in [-0.4, -0.2) is 24.9 Å². The fourth-order valence-electron chi connectivity index (χ4n) is 0.275. The highest BCUT2D eigenvalue weighted by molar-refractivity contribution is 5.86. The van der Waals surface area contributed by atoms with Crippen LogP contribution in [0.15, 0.2) is 11.9 Å². The summed E-state index contributed by atoms with van der Waals surface area (Å²) in [6.45, 7) is 0. The summed E-state index contributed by atoms with van der Waals surface area (Å²) in [4.78, 5) is 11.8. The molecule has 0 radical (unpaired) electrons. The van der Waals surface area contributed by atoms with E-state index in [-0.39, 0.29) is 0 Å². The quantitative estimate of drug-likeness (QED) is 0.461. The second kappa shape index (κ2) is 2.96. The van der Waals surface area contributed by atoms with E-state index in [4.69, 9.17) is 11.5 Å². The molecule has 9 heavy (non-hydrogen) atoms. The molecule has 4 nitrogen and oxygen atoms in total. The summed E-state index contributed by atoms with van der Waals surface area (Å²) in [6.07, 6.45) is 1.17. The number of rotatable bonds is 2. The average molecular weight is 129 g/mol. The van der Waals surface area contributed by atoms with Crippen LogP contribution in [0.1, 0.15) is 0 Å². The van der Waals surface area contributed by atoms with E-state index in [1.54, 1.807) is 19.0 Å². The van der Waals surface area contributed by atoms with Gasteiger partial charge in [-0.25, -0.2) is 0 Å². The molecule has 0 aliphatic rings. The van der Waals surface area contributed by atoms with Gasteiger partial charge in [0.25, 0.3) is 0 Å². The van der Waals surface area contributed by atoms with Gasteiger partial charge >= 0.3 is 0 Å². The van der Waals surface area contributed by atoms with Crippen LogP contribution in [0.4, 0.5) is 0 Å². The van der Waals surface area contributed by atoms with E-state index in [2.05, 4.69) is 0 Å². The fraction of sp³-hybridized carbons (Fsp3) is 0.400. The standard InChI is InChI=1S/C5H11N3O/c1-8(2)4(6)3-5(7)9/h3H,6H2,1-2H3,(H2,7,9)/b4-3-. The first kappa shape index (κ1) is 7.81. The van der Waals surface area contributed by atoms with E-state index in [1.807, 2.05) is 0 Å². The fourth-order valence-corrected chi connectivity index (χ4v) is 0.275. The maximum Gasteiger partial charge on any atom is 0.245 e. The van der Waals surface area contributed by atoms with E-state index in [0.717, 1.165) is 0 Å². The number of nitrogens with two attached hydrogens (primary N) is 2. The van der Waals surface area contributed by atoms with Crippen molar-refractivity contribution in [3.63, 3.8) is 0 Å². The van der Waals surface area contributed by atoms with Crippen molar-refractivity contribution < 1.29 is 4.79 Å². The van der Waals surface area contributed by atoms with Gasteiger partial charge in [0.05, 0.1) is 0 Å². The summed E-state index contributed by atoms with van der Waals surface area (Å²) in [5.74, 6) is -0.163. The second-order valence-electron chi connectivity index (χ2n) is 1.87. The predicted octanol–water partition coefficient (Wildman–Crippen LogP) is -1.17. The van der Waals surface area contributed by atoms with Crippen LogP contribution in [0.2, 0.25) is 0 Å². The lowest BCUT2D eigenvalue weighted by molar-refractivity contribution is -0.113. The summed E-state index contributed by atoms with van der Waals surface area (Å²) in [5, 5.41) is 0. The average Bonchev–Trinajstić information content (AvgIpc) is 1.63. The molecule has 0 saturated carbocycles. The van der Waals surface area contributed by atoms with Crippen molar-refractivity contribution in [1.29, 1.82) is 0 Å². The predicted molar refractivity (Wildman–Crippen MR) is 35.2 cm³/mol. The van der Waals surface area contributed by atoms with Crippen molar-refractivity contribution in [2.45, 2.75) is 0 Å². The van der Waals surface area contributed by atoms with Gasteiger partial charge in [-0.05, 0) is 0 Å². The number of hydrogen-bond acceptors (Lipinski definition) is 3. The second-order valence-corrected chi connectivity index (χ2v) is 1.87. The zero-order chi connectivity index (χ0) is 7.44. The summed E-state index contributed by atoms with van der Waals surface area (Å²) >= 11 is 0. The van der Waals surface area contributed by atoms with Crippen LogP contribution in [0.5, 0.6) is 0 Å². The SMILES string of the molecule is CN(C)/C(N)=C\C(N)=O. The molecular weight excluding hydrogens is 118 g/mol. The Kier molecular flexibility index (Phi) is 2.57. The molecule has 0 saturated heterocycles. The minimum atomic E-state index is -0.527. The molecule has 52 valence electrons. The molecule has 0 aliphatic heterocycles. The van der Waals surface area contributed by atoms with E-state index in [9.17, 15) is 4.79 Å². The molecule has 4 heteroatoms. The lowest BCUT2D eigenvalue weighted by Gasteiger charge is -2.10. The van der Waals surface area contributed by atoms with Gasteiger partial charge in [-0.3, -0.25) is 4.79 Å². The number of carbonyl (C=O) groups is 1. The van der Waals surface area contributed by atoms with Crippen LogP contribution >= 0.6 is 0 Å². The Morgan fingerprint density at radius 2 is 1.89 bits per heavy atom. The molecular formula is C5H11N3O. The van der Waals surface area contributed by atoms with Crippen molar-refractivity contribution in [1.82, 2.24) is 4.90 Å². The van der Waals surface area contributed by atoms with Crippen molar-refractivity contribution >= 4 is 5.91 Å². The molecule has 0 aromatic carbocycles. The number of carbonyl (C=O) groups excluding carboxylic acids is 1. The Bertz CT molecular complexity index is 139. The van der Waals surface area contributed by atoms with E-state index in [1.165, 1.54) is 6.08 Å². The minimum absolute atomic E-state index is 0.363. The highest BCUT2D eigenvalue weighted by Crippen LogP contribution is 1.84. The Hall–Kier alpha value is -1.19.